The van der Waals surface area contributed by atoms with Crippen LogP contribution in [0.4, 0.5) is 5.13 Å². The lowest BCUT2D eigenvalue weighted by Gasteiger charge is -2.56. The third-order valence-corrected chi connectivity index (χ3v) is 6.97. The molecule has 4 aliphatic rings. The average Bonchev–Trinajstić information content (AvgIpc) is 3.00. The van der Waals surface area contributed by atoms with Crippen molar-refractivity contribution < 1.29 is 19.1 Å². The number of Topliss-reactive ketones (excluding diaryl/α,β-unsaturated/α-hetero) is 1. The summed E-state index contributed by atoms with van der Waals surface area (Å²) in [5.74, 6) is 1.25. The van der Waals surface area contributed by atoms with Gasteiger partial charge in [0, 0.05) is 17.7 Å². The number of rotatable bonds is 5. The Morgan fingerprint density at radius 1 is 1.19 bits per heavy atom. The van der Waals surface area contributed by atoms with E-state index in [1.165, 1.54) is 31.6 Å². The van der Waals surface area contributed by atoms with Crippen LogP contribution in [0.15, 0.2) is 5.38 Å². The molecule has 1 amide bonds. The first-order valence-electron chi connectivity index (χ1n) is 9.33. The molecular formula is C19H24N2O4S. The van der Waals surface area contributed by atoms with Crippen LogP contribution in [0.1, 0.15) is 62.9 Å². The van der Waals surface area contributed by atoms with E-state index in [-0.39, 0.29) is 22.8 Å². The maximum atomic E-state index is 13.2. The zero-order valence-corrected chi connectivity index (χ0v) is 15.9. The predicted molar refractivity (Wildman–Crippen MR) is 96.9 cm³/mol. The molecule has 0 aliphatic heterocycles. The van der Waals surface area contributed by atoms with Crippen molar-refractivity contribution in [2.24, 2.45) is 23.2 Å². The van der Waals surface area contributed by atoms with E-state index in [2.05, 4.69) is 10.3 Å². The van der Waals surface area contributed by atoms with Gasteiger partial charge in [-0.3, -0.25) is 9.59 Å². The van der Waals surface area contributed by atoms with Crippen molar-refractivity contribution in [2.75, 3.05) is 5.32 Å². The lowest BCUT2D eigenvalue weighted by atomic mass is 9.48. The molecule has 0 spiro atoms. The minimum atomic E-state index is -0.760. The van der Waals surface area contributed by atoms with Crippen molar-refractivity contribution in [1.29, 1.82) is 0 Å². The van der Waals surface area contributed by atoms with Gasteiger partial charge in [-0.1, -0.05) is 0 Å². The number of aromatic nitrogens is 1. The number of carbonyl (C=O) groups is 3. The van der Waals surface area contributed by atoms with Crippen molar-refractivity contribution in [3.8, 4) is 0 Å². The smallest absolute Gasteiger partial charge is 0.358 e. The van der Waals surface area contributed by atoms with Crippen LogP contribution in [0, 0.1) is 23.2 Å². The van der Waals surface area contributed by atoms with Crippen LogP contribution in [0.3, 0.4) is 0 Å². The lowest BCUT2D eigenvalue weighted by Crippen LogP contribution is -2.52. The summed E-state index contributed by atoms with van der Waals surface area (Å²) in [7, 11) is 0. The molecule has 5 rings (SSSR count). The number of ketones is 1. The Bertz CT molecular complexity index is 721. The summed E-state index contributed by atoms with van der Waals surface area (Å²) in [6.07, 6.45) is 5.93. The second-order valence-electron chi connectivity index (χ2n) is 8.33. The van der Waals surface area contributed by atoms with Crippen LogP contribution in [0.2, 0.25) is 0 Å². The molecule has 140 valence electrons. The summed E-state index contributed by atoms with van der Waals surface area (Å²) in [5.41, 5.74) is -0.151. The number of amides is 1. The number of thiazole rings is 1. The fraction of sp³-hybridized carbons (Fsp3) is 0.684. The summed E-state index contributed by atoms with van der Waals surface area (Å²) < 4.78 is 5.45. The molecule has 0 saturated heterocycles. The van der Waals surface area contributed by atoms with Gasteiger partial charge >= 0.3 is 5.97 Å². The summed E-state index contributed by atoms with van der Waals surface area (Å²) in [6.45, 7) is 3.06. The molecule has 1 aromatic heterocycles. The van der Waals surface area contributed by atoms with Gasteiger partial charge in [0.05, 0.1) is 0 Å². The van der Waals surface area contributed by atoms with Crippen LogP contribution in [0.5, 0.6) is 0 Å². The molecule has 1 N–H and O–H groups in total. The number of ether oxygens (including phenoxy) is 1. The number of hydrogen-bond donors (Lipinski definition) is 1. The number of esters is 1. The second kappa shape index (κ2) is 6.44. The molecule has 4 saturated carbocycles. The van der Waals surface area contributed by atoms with E-state index in [0.717, 1.165) is 30.6 Å². The van der Waals surface area contributed by atoms with Crippen molar-refractivity contribution in [1.82, 2.24) is 4.98 Å². The molecule has 4 bridgehead atoms. The second-order valence-corrected chi connectivity index (χ2v) is 9.19. The topological polar surface area (TPSA) is 85.4 Å². The number of nitrogens with zero attached hydrogens (tertiary/aromatic N) is 1. The van der Waals surface area contributed by atoms with Gasteiger partial charge in [-0.2, -0.15) is 0 Å². The van der Waals surface area contributed by atoms with Crippen LogP contribution in [0.25, 0.3) is 0 Å². The number of hydrogen-bond acceptors (Lipinski definition) is 6. The zero-order chi connectivity index (χ0) is 18.5. The molecule has 7 heteroatoms. The zero-order valence-electron chi connectivity index (χ0n) is 15.1. The third-order valence-electron chi connectivity index (χ3n) is 6.21. The van der Waals surface area contributed by atoms with Crippen LogP contribution in [-0.4, -0.2) is 28.7 Å². The fourth-order valence-corrected chi connectivity index (χ4v) is 6.42. The molecule has 1 aromatic rings. The Kier molecular flexibility index (Phi) is 4.37. The quantitative estimate of drug-likeness (QED) is 0.796. The predicted octanol–water partition coefficient (Wildman–Crippen LogP) is 3.43. The molecule has 1 atom stereocenters. The Morgan fingerprint density at radius 2 is 1.77 bits per heavy atom. The molecule has 6 nitrogen and oxygen atoms in total. The average molecular weight is 376 g/mol. The van der Waals surface area contributed by atoms with Crippen LogP contribution in [-0.2, 0) is 14.3 Å². The number of nitrogens with one attached hydrogen (secondary N) is 1. The Labute approximate surface area is 156 Å². The molecule has 1 unspecified atom stereocenters. The van der Waals surface area contributed by atoms with E-state index in [1.807, 2.05) is 0 Å². The van der Waals surface area contributed by atoms with Gasteiger partial charge < -0.3 is 10.1 Å². The van der Waals surface area contributed by atoms with Crippen molar-refractivity contribution >= 4 is 34.1 Å². The summed E-state index contributed by atoms with van der Waals surface area (Å²) in [5, 5.41) is 4.43. The van der Waals surface area contributed by atoms with Crippen molar-refractivity contribution in [3.05, 3.63) is 11.1 Å². The van der Waals surface area contributed by atoms with Gasteiger partial charge in [0.2, 0.25) is 5.91 Å². The minimum absolute atomic E-state index is 0.0854. The largest absolute Gasteiger partial charge is 0.450 e. The fourth-order valence-electron chi connectivity index (χ4n) is 5.69. The Morgan fingerprint density at radius 3 is 2.31 bits per heavy atom. The Balaban J connectivity index is 1.42. The SMILES string of the molecule is CC(=O)Nc1nc(C(=O)OC(C)C(=O)C23CC4CC(CC(C4)C2)C3)cs1. The minimum Gasteiger partial charge on any atom is -0.450 e. The number of anilines is 1. The first kappa shape index (κ1) is 17.6. The first-order chi connectivity index (χ1) is 12.3. The van der Waals surface area contributed by atoms with Crippen LogP contribution < -0.4 is 5.32 Å². The molecule has 4 aliphatic carbocycles. The first-order valence-corrected chi connectivity index (χ1v) is 10.2. The molecule has 1 heterocycles. The normalized spacial score (nSPS) is 32.9. The summed E-state index contributed by atoms with van der Waals surface area (Å²) >= 11 is 1.16. The van der Waals surface area contributed by atoms with Crippen molar-refractivity contribution in [3.63, 3.8) is 0 Å². The molecule has 0 aromatic carbocycles. The molecule has 26 heavy (non-hydrogen) atoms. The summed E-state index contributed by atoms with van der Waals surface area (Å²) in [6, 6.07) is 0. The van der Waals surface area contributed by atoms with E-state index in [0.29, 0.717) is 22.9 Å². The monoisotopic (exact) mass is 376 g/mol. The molecule has 4 fully saturated rings. The highest BCUT2D eigenvalue weighted by Crippen LogP contribution is 2.60. The maximum Gasteiger partial charge on any atom is 0.358 e. The van der Waals surface area contributed by atoms with Gasteiger partial charge in [-0.05, 0) is 63.2 Å². The van der Waals surface area contributed by atoms with Gasteiger partial charge in [0.1, 0.15) is 0 Å². The Hall–Kier alpha value is -1.76. The highest BCUT2D eigenvalue weighted by Gasteiger charge is 2.55. The number of carbonyl (C=O) groups excluding carboxylic acids is 3. The third kappa shape index (κ3) is 3.17. The standard InChI is InChI=1S/C19H24N2O4S/c1-10(25-17(24)15-9-26-18(21-15)20-11(2)22)16(23)19-6-12-3-13(7-19)5-14(4-12)8-19/h9-10,12-14H,3-8H2,1-2H3,(H,20,21,22). The van der Waals surface area contributed by atoms with Gasteiger partial charge in [0.15, 0.2) is 22.7 Å². The van der Waals surface area contributed by atoms with E-state index < -0.39 is 12.1 Å². The molecular weight excluding hydrogens is 352 g/mol. The lowest BCUT2D eigenvalue weighted by molar-refractivity contribution is -0.152. The van der Waals surface area contributed by atoms with Gasteiger partial charge in [-0.25, -0.2) is 9.78 Å². The van der Waals surface area contributed by atoms with E-state index in [1.54, 1.807) is 6.92 Å². The van der Waals surface area contributed by atoms with Gasteiger partial charge in [0.25, 0.3) is 0 Å². The summed E-state index contributed by atoms with van der Waals surface area (Å²) in [4.78, 5) is 40.6. The van der Waals surface area contributed by atoms with Gasteiger partial charge in [-0.15, -0.1) is 11.3 Å². The van der Waals surface area contributed by atoms with E-state index >= 15 is 0 Å². The molecule has 0 radical (unpaired) electrons. The van der Waals surface area contributed by atoms with Crippen LogP contribution >= 0.6 is 11.3 Å². The van der Waals surface area contributed by atoms with E-state index in [4.69, 9.17) is 4.74 Å². The maximum absolute atomic E-state index is 13.2. The van der Waals surface area contributed by atoms with Crippen molar-refractivity contribution in [2.45, 2.75) is 58.5 Å². The van der Waals surface area contributed by atoms with E-state index in [9.17, 15) is 14.4 Å². The highest BCUT2D eigenvalue weighted by molar-refractivity contribution is 7.14. The highest BCUT2D eigenvalue weighted by atomic mass is 32.1.